The van der Waals surface area contributed by atoms with Gasteiger partial charge in [-0.15, -0.1) is 0 Å². The van der Waals surface area contributed by atoms with Gasteiger partial charge in [-0.1, -0.05) is 18.2 Å². The third kappa shape index (κ3) is 2.16. The molecule has 3 N–H and O–H groups in total. The van der Waals surface area contributed by atoms with Gasteiger partial charge in [0.15, 0.2) is 5.72 Å². The first-order valence-electron chi connectivity index (χ1n) is 12.4. The van der Waals surface area contributed by atoms with Gasteiger partial charge in [0, 0.05) is 47.7 Å². The van der Waals surface area contributed by atoms with Gasteiger partial charge in [-0.05, 0) is 43.8 Å². The summed E-state index contributed by atoms with van der Waals surface area (Å²) in [5.74, 6) is 0.0988. The number of rotatable bonds is 2. The van der Waals surface area contributed by atoms with Gasteiger partial charge in [-0.25, -0.2) is 0 Å². The lowest BCUT2D eigenvalue weighted by molar-refractivity contribution is -0.256. The fourth-order valence-electron chi connectivity index (χ4n) is 7.37. The largest absolute Gasteiger partial charge is 0.508 e. The minimum Gasteiger partial charge on any atom is -0.508 e. The number of phenols is 1. The number of benzene rings is 3. The van der Waals surface area contributed by atoms with Crippen LogP contribution in [0.4, 0.5) is 0 Å². The Balaban J connectivity index is 1.72. The number of nitrogens with zero attached hydrogens (tertiary/aromatic N) is 2. The van der Waals surface area contributed by atoms with Crippen LogP contribution in [0.2, 0.25) is 0 Å². The first-order valence-corrected chi connectivity index (χ1v) is 12.4. The monoisotopic (exact) mass is 482 g/mol. The number of carbonyl (C=O) groups is 1. The number of aromatic hydroxyl groups is 1. The van der Waals surface area contributed by atoms with Crippen LogP contribution >= 0.6 is 0 Å². The Morgan fingerprint density at radius 1 is 1.14 bits per heavy atom. The SMILES string of the molecule is CN[C@H]1C[C@H]2O[C@@](C)([C@H]1OC)n1c3ccccc3c3c4c(c5c6cc(O)ccc6n2c5c31)C(=O)NC4. The molecule has 5 heterocycles. The highest BCUT2D eigenvalue weighted by atomic mass is 16.6. The van der Waals surface area contributed by atoms with E-state index in [1.165, 1.54) is 0 Å². The third-order valence-corrected chi connectivity index (χ3v) is 8.67. The lowest BCUT2D eigenvalue weighted by atomic mass is 9.93. The molecule has 5 aromatic rings. The van der Waals surface area contributed by atoms with Crippen LogP contribution in [0, 0.1) is 0 Å². The fourth-order valence-corrected chi connectivity index (χ4v) is 7.37. The molecule has 1 amide bonds. The molecule has 0 unspecified atom stereocenters. The molecular weight excluding hydrogens is 456 g/mol. The second kappa shape index (κ2) is 6.59. The molecule has 8 rings (SSSR count). The van der Waals surface area contributed by atoms with Crippen LogP contribution in [0.15, 0.2) is 42.5 Å². The molecule has 1 fully saturated rings. The van der Waals surface area contributed by atoms with Gasteiger partial charge in [0.1, 0.15) is 18.1 Å². The van der Waals surface area contributed by atoms with E-state index in [1.807, 2.05) is 25.2 Å². The van der Waals surface area contributed by atoms with Gasteiger partial charge in [-0.2, -0.15) is 0 Å². The third-order valence-electron chi connectivity index (χ3n) is 8.67. The van der Waals surface area contributed by atoms with Gasteiger partial charge in [0.25, 0.3) is 5.91 Å². The lowest BCUT2D eigenvalue weighted by Crippen LogP contribution is -2.59. The van der Waals surface area contributed by atoms with Gasteiger partial charge >= 0.3 is 0 Å². The molecule has 2 aromatic heterocycles. The summed E-state index contributed by atoms with van der Waals surface area (Å²) in [6, 6.07) is 13.8. The molecule has 3 aliphatic heterocycles. The zero-order valence-corrected chi connectivity index (χ0v) is 20.3. The van der Waals surface area contributed by atoms with E-state index >= 15 is 0 Å². The van der Waals surface area contributed by atoms with Crippen molar-refractivity contribution >= 4 is 49.5 Å². The van der Waals surface area contributed by atoms with E-state index in [0.29, 0.717) is 18.5 Å². The molecule has 8 nitrogen and oxygen atoms in total. The lowest BCUT2D eigenvalue weighted by Gasteiger charge is -2.48. The Morgan fingerprint density at radius 2 is 1.97 bits per heavy atom. The number of fused-ring (bicyclic) bond motifs is 13. The highest BCUT2D eigenvalue weighted by molar-refractivity contribution is 6.31. The van der Waals surface area contributed by atoms with Crippen LogP contribution in [0.3, 0.4) is 0 Å². The van der Waals surface area contributed by atoms with Crippen molar-refractivity contribution in [1.82, 2.24) is 19.8 Å². The van der Waals surface area contributed by atoms with Crippen molar-refractivity contribution in [3.05, 3.63) is 53.6 Å². The standard InChI is InChI=1S/C28H26N4O4/c1-28-26(35-3)17(29-2)11-20(36-28)31-18-9-8-13(33)10-15(18)22-23-16(12-30-27(23)34)21-14-6-4-5-7-19(14)32(28)25(21)24(22)31/h4-10,17,20,26,29,33H,11-12H2,1-3H3,(H,30,34)/t17-,20+,26-,28-/m0/s1. The summed E-state index contributed by atoms with van der Waals surface area (Å²) in [6.45, 7) is 2.58. The Bertz CT molecular complexity index is 1800. The predicted octanol–water partition coefficient (Wildman–Crippen LogP) is 4.06. The molecule has 4 atom stereocenters. The van der Waals surface area contributed by atoms with Crippen molar-refractivity contribution in [2.24, 2.45) is 0 Å². The first kappa shape index (κ1) is 20.6. The van der Waals surface area contributed by atoms with E-state index in [2.05, 4.69) is 38.8 Å². The zero-order valence-electron chi connectivity index (χ0n) is 20.3. The maximum absolute atomic E-state index is 13.3. The molecule has 0 radical (unpaired) electrons. The van der Waals surface area contributed by atoms with E-state index in [9.17, 15) is 9.90 Å². The van der Waals surface area contributed by atoms with Gasteiger partial charge in [0.05, 0.1) is 27.6 Å². The van der Waals surface area contributed by atoms with Crippen molar-refractivity contribution < 1.29 is 19.4 Å². The van der Waals surface area contributed by atoms with Crippen molar-refractivity contribution in [3.8, 4) is 5.75 Å². The van der Waals surface area contributed by atoms with Gasteiger partial charge < -0.3 is 34.3 Å². The number of nitrogens with one attached hydrogen (secondary N) is 2. The number of carbonyl (C=O) groups excluding carboxylic acids is 1. The number of phenolic OH excluding ortho intramolecular Hbond substituents is 1. The summed E-state index contributed by atoms with van der Waals surface area (Å²) in [6.07, 6.45) is 0.145. The number of ether oxygens (including phenoxy) is 2. The molecular formula is C28H26N4O4. The van der Waals surface area contributed by atoms with Gasteiger partial charge in [-0.3, -0.25) is 4.79 Å². The second-order valence-electron chi connectivity index (χ2n) is 10.3. The number of amides is 1. The summed E-state index contributed by atoms with van der Waals surface area (Å²) in [4.78, 5) is 13.3. The highest BCUT2D eigenvalue weighted by Gasteiger charge is 2.53. The molecule has 0 aliphatic carbocycles. The molecule has 36 heavy (non-hydrogen) atoms. The fraction of sp³-hybridized carbons (Fsp3) is 0.321. The van der Waals surface area contributed by atoms with Crippen LogP contribution in [0.1, 0.15) is 35.5 Å². The van der Waals surface area contributed by atoms with Crippen LogP contribution in [0.5, 0.6) is 5.75 Å². The summed E-state index contributed by atoms with van der Waals surface area (Å²) >= 11 is 0. The Morgan fingerprint density at radius 3 is 2.78 bits per heavy atom. The Labute approximate surface area is 206 Å². The van der Waals surface area contributed by atoms with Crippen LogP contribution in [-0.2, 0) is 21.7 Å². The molecule has 3 aliphatic rings. The minimum atomic E-state index is -0.813. The van der Waals surface area contributed by atoms with Crippen LogP contribution < -0.4 is 10.6 Å². The molecule has 0 saturated carbocycles. The number of aromatic nitrogens is 2. The quantitative estimate of drug-likeness (QED) is 0.353. The highest BCUT2D eigenvalue weighted by Crippen LogP contribution is 2.53. The number of para-hydroxylation sites is 1. The molecule has 182 valence electrons. The maximum atomic E-state index is 13.3. The number of hydrogen-bond acceptors (Lipinski definition) is 5. The Hall–Kier alpha value is -3.59. The summed E-state index contributed by atoms with van der Waals surface area (Å²) < 4.78 is 17.8. The summed E-state index contributed by atoms with van der Waals surface area (Å²) in [5.41, 5.74) is 4.88. The second-order valence-corrected chi connectivity index (χ2v) is 10.3. The van der Waals surface area contributed by atoms with Crippen LogP contribution in [-0.4, -0.2) is 46.5 Å². The summed E-state index contributed by atoms with van der Waals surface area (Å²) in [7, 11) is 3.71. The first-order chi connectivity index (χ1) is 17.5. The molecule has 8 heteroatoms. The van der Waals surface area contributed by atoms with E-state index in [0.717, 1.165) is 49.2 Å². The maximum Gasteiger partial charge on any atom is 0.252 e. The molecule has 2 bridgehead atoms. The van der Waals surface area contributed by atoms with E-state index < -0.39 is 5.72 Å². The smallest absolute Gasteiger partial charge is 0.252 e. The average Bonchev–Trinajstić information content (AvgIpc) is 3.51. The average molecular weight is 483 g/mol. The van der Waals surface area contributed by atoms with Crippen molar-refractivity contribution in [2.75, 3.05) is 14.2 Å². The van der Waals surface area contributed by atoms with E-state index in [1.54, 1.807) is 19.2 Å². The van der Waals surface area contributed by atoms with E-state index in [-0.39, 0.29) is 30.0 Å². The predicted molar refractivity (Wildman–Crippen MR) is 137 cm³/mol. The van der Waals surface area contributed by atoms with Crippen molar-refractivity contribution in [1.29, 1.82) is 0 Å². The minimum absolute atomic E-state index is 0.0315. The van der Waals surface area contributed by atoms with E-state index in [4.69, 9.17) is 9.47 Å². The molecule has 0 spiro atoms. The van der Waals surface area contributed by atoms with Crippen molar-refractivity contribution in [2.45, 2.75) is 44.0 Å². The number of likely N-dealkylation sites (N-methyl/N-ethyl adjacent to an activating group) is 1. The van der Waals surface area contributed by atoms with Crippen molar-refractivity contribution in [3.63, 3.8) is 0 Å². The molecule has 3 aromatic carbocycles. The number of hydrogen-bond donors (Lipinski definition) is 3. The van der Waals surface area contributed by atoms with Gasteiger partial charge in [0.2, 0.25) is 0 Å². The van der Waals surface area contributed by atoms with Crippen LogP contribution in [0.25, 0.3) is 43.6 Å². The Kier molecular flexibility index (Phi) is 3.77. The topological polar surface area (TPSA) is 89.7 Å². The number of methoxy groups -OCH3 is 1. The molecule has 1 saturated heterocycles. The summed E-state index contributed by atoms with van der Waals surface area (Å²) in [5, 5.41) is 20.9. The normalized spacial score (nSPS) is 26.9. The zero-order chi connectivity index (χ0) is 24.5.